The molecule has 0 aliphatic carbocycles. The van der Waals surface area contributed by atoms with Crippen molar-refractivity contribution in [3.05, 3.63) is 77.9 Å². The molecule has 2 rings (SSSR count). The minimum absolute atomic E-state index is 0.194. The fourth-order valence-electron chi connectivity index (χ4n) is 2.64. The Balaban J connectivity index is 2.15. The number of carbonyl (C=O) groups excluding carboxylic acids is 1. The first-order valence-electron chi connectivity index (χ1n) is 8.72. The van der Waals surface area contributed by atoms with E-state index in [2.05, 4.69) is 6.58 Å². The van der Waals surface area contributed by atoms with Gasteiger partial charge in [0.25, 0.3) is 0 Å². The van der Waals surface area contributed by atoms with Gasteiger partial charge in [-0.3, -0.25) is 4.79 Å². The van der Waals surface area contributed by atoms with E-state index >= 15 is 0 Å². The van der Waals surface area contributed by atoms with Gasteiger partial charge in [0.2, 0.25) is 15.9 Å². The van der Waals surface area contributed by atoms with Crippen LogP contribution in [-0.2, 0) is 21.4 Å². The standard InChI is InChI=1S/C21H26N2O3S/c1-5-13-23(15-19-9-7-6-8-10-19)21(24)16-22(4)27(25,26)20-12-11-17(2)18(3)14-20/h5-12,14H,1,13,15-16H2,2-4H3. The highest BCUT2D eigenvalue weighted by molar-refractivity contribution is 7.89. The Labute approximate surface area is 162 Å². The Morgan fingerprint density at radius 1 is 1.07 bits per heavy atom. The molecule has 0 N–H and O–H groups in total. The molecule has 2 aromatic carbocycles. The fourth-order valence-corrected chi connectivity index (χ4v) is 3.85. The molecule has 0 unspecified atom stereocenters. The van der Waals surface area contributed by atoms with E-state index in [1.165, 1.54) is 7.05 Å². The van der Waals surface area contributed by atoms with Gasteiger partial charge in [-0.15, -0.1) is 6.58 Å². The second-order valence-corrected chi connectivity index (χ2v) is 8.60. The molecule has 2 aromatic rings. The summed E-state index contributed by atoms with van der Waals surface area (Å²) < 4.78 is 26.7. The highest BCUT2D eigenvalue weighted by Crippen LogP contribution is 2.18. The molecule has 0 atom stereocenters. The van der Waals surface area contributed by atoms with Gasteiger partial charge in [0.1, 0.15) is 0 Å². The predicted octanol–water partition coefficient (Wildman–Crippen LogP) is 3.14. The average molecular weight is 387 g/mol. The van der Waals surface area contributed by atoms with Crippen LogP contribution in [0.3, 0.4) is 0 Å². The Kier molecular flexibility index (Phi) is 6.93. The van der Waals surface area contributed by atoms with Gasteiger partial charge < -0.3 is 4.90 Å². The van der Waals surface area contributed by atoms with Crippen LogP contribution < -0.4 is 0 Å². The maximum Gasteiger partial charge on any atom is 0.243 e. The lowest BCUT2D eigenvalue weighted by Gasteiger charge is -2.24. The van der Waals surface area contributed by atoms with Crippen molar-refractivity contribution in [1.82, 2.24) is 9.21 Å². The van der Waals surface area contributed by atoms with E-state index in [9.17, 15) is 13.2 Å². The molecule has 0 radical (unpaired) electrons. The summed E-state index contributed by atoms with van der Waals surface area (Å²) in [5.41, 5.74) is 2.90. The summed E-state index contributed by atoms with van der Waals surface area (Å²) in [6.07, 6.45) is 1.64. The minimum Gasteiger partial charge on any atom is -0.334 e. The zero-order valence-electron chi connectivity index (χ0n) is 16.1. The maximum absolute atomic E-state index is 12.8. The Hall–Kier alpha value is -2.44. The van der Waals surface area contributed by atoms with Crippen LogP contribution in [0, 0.1) is 13.8 Å². The number of rotatable bonds is 8. The largest absolute Gasteiger partial charge is 0.334 e. The number of hydrogen-bond acceptors (Lipinski definition) is 3. The highest BCUT2D eigenvalue weighted by atomic mass is 32.2. The van der Waals surface area contributed by atoms with Crippen LogP contribution in [0.4, 0.5) is 0 Å². The lowest BCUT2D eigenvalue weighted by atomic mass is 10.1. The van der Waals surface area contributed by atoms with Crippen LogP contribution in [-0.4, -0.2) is 43.7 Å². The van der Waals surface area contributed by atoms with Crippen molar-refractivity contribution in [2.24, 2.45) is 0 Å². The first-order valence-corrected chi connectivity index (χ1v) is 10.2. The summed E-state index contributed by atoms with van der Waals surface area (Å²) in [5.74, 6) is -0.270. The molecule has 5 nitrogen and oxygen atoms in total. The number of benzene rings is 2. The number of sulfonamides is 1. The number of nitrogens with zero attached hydrogens (tertiary/aromatic N) is 2. The molecule has 0 heterocycles. The Morgan fingerprint density at radius 2 is 1.74 bits per heavy atom. The van der Waals surface area contributed by atoms with Gasteiger partial charge in [-0.25, -0.2) is 8.42 Å². The minimum atomic E-state index is -3.73. The van der Waals surface area contributed by atoms with Gasteiger partial charge >= 0.3 is 0 Å². The number of hydrogen-bond donors (Lipinski definition) is 0. The first kappa shape index (κ1) is 20.9. The van der Waals surface area contributed by atoms with Crippen molar-refractivity contribution in [1.29, 1.82) is 0 Å². The normalized spacial score (nSPS) is 11.4. The number of carbonyl (C=O) groups is 1. The van der Waals surface area contributed by atoms with Crippen molar-refractivity contribution in [2.45, 2.75) is 25.3 Å². The third-order valence-corrected chi connectivity index (χ3v) is 6.26. The molecule has 27 heavy (non-hydrogen) atoms. The summed E-state index contributed by atoms with van der Waals surface area (Å²) in [6, 6.07) is 14.6. The van der Waals surface area contributed by atoms with Crippen molar-refractivity contribution >= 4 is 15.9 Å². The summed E-state index contributed by atoms with van der Waals surface area (Å²) in [6.45, 7) is 8.02. The second kappa shape index (κ2) is 8.97. The van der Waals surface area contributed by atoms with E-state index in [-0.39, 0.29) is 17.3 Å². The maximum atomic E-state index is 12.8. The summed E-state index contributed by atoms with van der Waals surface area (Å²) in [5, 5.41) is 0. The van der Waals surface area contributed by atoms with Crippen LogP contribution in [0.2, 0.25) is 0 Å². The van der Waals surface area contributed by atoms with Crippen molar-refractivity contribution in [2.75, 3.05) is 20.1 Å². The van der Waals surface area contributed by atoms with Crippen LogP contribution in [0.5, 0.6) is 0 Å². The summed E-state index contributed by atoms with van der Waals surface area (Å²) >= 11 is 0. The van der Waals surface area contributed by atoms with Crippen molar-refractivity contribution < 1.29 is 13.2 Å². The third-order valence-electron chi connectivity index (χ3n) is 4.46. The topological polar surface area (TPSA) is 57.7 Å². The lowest BCUT2D eigenvalue weighted by Crippen LogP contribution is -2.41. The van der Waals surface area contributed by atoms with Gasteiger partial charge in [-0.1, -0.05) is 42.5 Å². The average Bonchev–Trinajstić information content (AvgIpc) is 2.64. The Morgan fingerprint density at radius 3 is 2.33 bits per heavy atom. The first-order chi connectivity index (χ1) is 12.8. The van der Waals surface area contributed by atoms with Crippen LogP contribution in [0.25, 0.3) is 0 Å². The van der Waals surface area contributed by atoms with Gasteiger partial charge in [-0.2, -0.15) is 4.31 Å². The van der Waals surface area contributed by atoms with E-state index in [4.69, 9.17) is 0 Å². The molecule has 1 amide bonds. The molecule has 0 aliphatic rings. The molecule has 0 spiro atoms. The zero-order valence-corrected chi connectivity index (χ0v) is 16.9. The predicted molar refractivity (Wildman–Crippen MR) is 108 cm³/mol. The summed E-state index contributed by atoms with van der Waals surface area (Å²) in [4.78, 5) is 14.5. The Bertz CT molecular complexity index is 908. The van der Waals surface area contributed by atoms with Gasteiger partial charge in [0, 0.05) is 20.1 Å². The SMILES string of the molecule is C=CCN(Cc1ccccc1)C(=O)CN(C)S(=O)(=O)c1ccc(C)c(C)c1. The molecular weight excluding hydrogens is 360 g/mol. The van der Waals surface area contributed by atoms with E-state index in [1.807, 2.05) is 44.2 Å². The van der Waals surface area contributed by atoms with Crippen LogP contribution >= 0.6 is 0 Å². The fraction of sp³-hybridized carbons (Fsp3) is 0.286. The summed E-state index contributed by atoms with van der Waals surface area (Å²) in [7, 11) is -2.31. The van der Waals surface area contributed by atoms with E-state index in [0.717, 1.165) is 21.0 Å². The zero-order chi connectivity index (χ0) is 20.0. The molecule has 144 valence electrons. The highest BCUT2D eigenvalue weighted by Gasteiger charge is 2.25. The van der Waals surface area contributed by atoms with E-state index in [0.29, 0.717) is 13.1 Å². The van der Waals surface area contributed by atoms with Crippen LogP contribution in [0.1, 0.15) is 16.7 Å². The van der Waals surface area contributed by atoms with E-state index in [1.54, 1.807) is 29.2 Å². The molecule has 0 aromatic heterocycles. The number of likely N-dealkylation sites (N-methyl/N-ethyl adjacent to an activating group) is 1. The molecule has 0 aliphatic heterocycles. The lowest BCUT2D eigenvalue weighted by molar-refractivity contribution is -0.131. The smallest absolute Gasteiger partial charge is 0.243 e. The van der Waals surface area contributed by atoms with Crippen LogP contribution in [0.15, 0.2) is 66.1 Å². The number of aryl methyl sites for hydroxylation is 2. The second-order valence-electron chi connectivity index (χ2n) is 6.56. The quantitative estimate of drug-likeness (QED) is 0.655. The van der Waals surface area contributed by atoms with Crippen molar-refractivity contribution in [3.63, 3.8) is 0 Å². The van der Waals surface area contributed by atoms with Gasteiger partial charge in [0.05, 0.1) is 11.4 Å². The number of amides is 1. The van der Waals surface area contributed by atoms with Crippen molar-refractivity contribution in [3.8, 4) is 0 Å². The molecular formula is C21H26N2O3S. The molecule has 0 saturated carbocycles. The molecule has 0 bridgehead atoms. The monoisotopic (exact) mass is 386 g/mol. The van der Waals surface area contributed by atoms with Gasteiger partial charge in [0.15, 0.2) is 0 Å². The third kappa shape index (κ3) is 5.28. The van der Waals surface area contributed by atoms with Gasteiger partial charge in [-0.05, 0) is 42.7 Å². The molecule has 0 saturated heterocycles. The molecule has 0 fully saturated rings. The molecule has 6 heteroatoms. The van der Waals surface area contributed by atoms with E-state index < -0.39 is 10.0 Å².